The molecule has 0 aliphatic rings. The monoisotopic (exact) mass is 303 g/mol. The lowest BCUT2D eigenvalue weighted by atomic mass is 10.1. The van der Waals surface area contributed by atoms with Crippen LogP contribution in [0.1, 0.15) is 38.3 Å². The van der Waals surface area contributed by atoms with E-state index >= 15 is 0 Å². The summed E-state index contributed by atoms with van der Waals surface area (Å²) in [6.07, 6.45) is 1.47. The summed E-state index contributed by atoms with van der Waals surface area (Å²) in [7, 11) is -1.82. The van der Waals surface area contributed by atoms with Crippen molar-refractivity contribution in [3.8, 4) is 0 Å². The van der Waals surface area contributed by atoms with Crippen LogP contribution in [0.3, 0.4) is 0 Å². The summed E-state index contributed by atoms with van der Waals surface area (Å²) in [6, 6.07) is 5.41. The second kappa shape index (κ2) is 6.73. The third-order valence-corrected chi connectivity index (χ3v) is 5.90. The molecule has 108 valence electrons. The molecule has 0 N–H and O–H groups in total. The van der Waals surface area contributed by atoms with Crippen molar-refractivity contribution in [2.75, 3.05) is 7.05 Å². The SMILES string of the molecule is CCc1ccc(CCl)cc1S(=O)(=O)N(C)C(C)CC. The molecule has 0 aliphatic carbocycles. The molecule has 0 heterocycles. The van der Waals surface area contributed by atoms with E-state index in [1.54, 1.807) is 13.1 Å². The van der Waals surface area contributed by atoms with E-state index in [2.05, 4.69) is 0 Å². The first-order valence-electron chi connectivity index (χ1n) is 6.54. The van der Waals surface area contributed by atoms with E-state index in [0.717, 1.165) is 17.5 Å². The highest BCUT2D eigenvalue weighted by atomic mass is 35.5. The summed E-state index contributed by atoms with van der Waals surface area (Å²) in [5.41, 5.74) is 1.67. The second-order valence-corrected chi connectivity index (χ2v) is 6.94. The van der Waals surface area contributed by atoms with E-state index < -0.39 is 10.0 Å². The maximum atomic E-state index is 12.7. The van der Waals surface area contributed by atoms with Crippen molar-refractivity contribution < 1.29 is 8.42 Å². The summed E-state index contributed by atoms with van der Waals surface area (Å²) in [5.74, 6) is 0.319. The molecule has 1 aromatic rings. The summed E-state index contributed by atoms with van der Waals surface area (Å²) >= 11 is 5.81. The molecule has 1 atom stereocenters. The smallest absolute Gasteiger partial charge is 0.207 e. The molecule has 19 heavy (non-hydrogen) atoms. The van der Waals surface area contributed by atoms with Crippen LogP contribution in [0.25, 0.3) is 0 Å². The molecule has 0 aliphatic heterocycles. The van der Waals surface area contributed by atoms with Crippen LogP contribution in [0.2, 0.25) is 0 Å². The van der Waals surface area contributed by atoms with Gasteiger partial charge < -0.3 is 0 Å². The molecule has 1 rings (SSSR count). The number of benzene rings is 1. The highest BCUT2D eigenvalue weighted by Crippen LogP contribution is 2.24. The molecule has 0 radical (unpaired) electrons. The van der Waals surface area contributed by atoms with E-state index in [0.29, 0.717) is 17.2 Å². The molecule has 1 aromatic carbocycles. The zero-order valence-electron chi connectivity index (χ0n) is 12.0. The number of halogens is 1. The summed E-state index contributed by atoms with van der Waals surface area (Å²) in [5, 5.41) is 0. The van der Waals surface area contributed by atoms with Gasteiger partial charge in [-0.15, -0.1) is 11.6 Å². The van der Waals surface area contributed by atoms with Crippen LogP contribution < -0.4 is 0 Å². The minimum absolute atomic E-state index is 0.0191. The largest absolute Gasteiger partial charge is 0.243 e. The molecule has 0 aromatic heterocycles. The van der Waals surface area contributed by atoms with E-state index in [-0.39, 0.29) is 6.04 Å². The lowest BCUT2D eigenvalue weighted by Crippen LogP contribution is -2.35. The Balaban J connectivity index is 3.34. The van der Waals surface area contributed by atoms with E-state index in [4.69, 9.17) is 11.6 Å². The van der Waals surface area contributed by atoms with Gasteiger partial charge in [0.25, 0.3) is 0 Å². The first kappa shape index (κ1) is 16.5. The Kier molecular flexibility index (Phi) is 5.83. The van der Waals surface area contributed by atoms with Crippen LogP contribution in [0, 0.1) is 0 Å². The standard InChI is InChI=1S/C14H22ClNO2S/c1-5-11(3)16(4)19(17,18)14-9-12(10-15)7-8-13(14)6-2/h7-9,11H,5-6,10H2,1-4H3. The average molecular weight is 304 g/mol. The van der Waals surface area contributed by atoms with Gasteiger partial charge in [0.15, 0.2) is 0 Å². The fourth-order valence-electron chi connectivity index (χ4n) is 1.86. The third kappa shape index (κ3) is 3.50. The normalized spacial score (nSPS) is 13.8. The topological polar surface area (TPSA) is 37.4 Å². The van der Waals surface area contributed by atoms with Crippen molar-refractivity contribution in [3.05, 3.63) is 29.3 Å². The predicted molar refractivity (Wildman–Crippen MR) is 80.1 cm³/mol. The van der Waals surface area contributed by atoms with Crippen LogP contribution >= 0.6 is 11.6 Å². The minimum atomic E-state index is -3.45. The highest BCUT2D eigenvalue weighted by Gasteiger charge is 2.26. The lowest BCUT2D eigenvalue weighted by molar-refractivity contribution is 0.380. The fourth-order valence-corrected chi connectivity index (χ4v) is 3.81. The van der Waals surface area contributed by atoms with Crippen LogP contribution in [0.15, 0.2) is 23.1 Å². The number of rotatable bonds is 6. The molecular weight excluding hydrogens is 282 g/mol. The molecule has 0 fully saturated rings. The molecule has 3 nitrogen and oxygen atoms in total. The predicted octanol–water partition coefficient (Wildman–Crippen LogP) is 3.41. The fraction of sp³-hybridized carbons (Fsp3) is 0.571. The van der Waals surface area contributed by atoms with Gasteiger partial charge >= 0.3 is 0 Å². The number of hydrogen-bond donors (Lipinski definition) is 0. The zero-order valence-corrected chi connectivity index (χ0v) is 13.6. The van der Waals surface area contributed by atoms with Gasteiger partial charge in [0.05, 0.1) is 4.90 Å². The first-order valence-corrected chi connectivity index (χ1v) is 8.51. The number of alkyl halides is 1. The van der Waals surface area contributed by atoms with Gasteiger partial charge in [-0.2, -0.15) is 4.31 Å². The van der Waals surface area contributed by atoms with Crippen molar-refractivity contribution in [3.63, 3.8) is 0 Å². The Labute approximate surface area is 121 Å². The summed E-state index contributed by atoms with van der Waals surface area (Å²) in [6.45, 7) is 5.85. The Morgan fingerprint density at radius 3 is 2.42 bits per heavy atom. The third-order valence-electron chi connectivity index (χ3n) is 3.54. The van der Waals surface area contributed by atoms with Crippen molar-refractivity contribution in [2.24, 2.45) is 0 Å². The molecular formula is C14H22ClNO2S. The number of hydrogen-bond acceptors (Lipinski definition) is 2. The minimum Gasteiger partial charge on any atom is -0.207 e. The van der Waals surface area contributed by atoms with Crippen LogP contribution in [-0.4, -0.2) is 25.8 Å². The van der Waals surface area contributed by atoms with Crippen molar-refractivity contribution in [1.82, 2.24) is 4.31 Å². The van der Waals surface area contributed by atoms with Crippen LogP contribution in [0.4, 0.5) is 0 Å². The highest BCUT2D eigenvalue weighted by molar-refractivity contribution is 7.89. The Morgan fingerprint density at radius 2 is 1.95 bits per heavy atom. The maximum absolute atomic E-state index is 12.7. The quantitative estimate of drug-likeness (QED) is 0.755. The molecule has 0 amide bonds. The van der Waals surface area contributed by atoms with Crippen LogP contribution in [-0.2, 0) is 22.3 Å². The lowest BCUT2D eigenvalue weighted by Gasteiger charge is -2.24. The zero-order chi connectivity index (χ0) is 14.6. The number of aryl methyl sites for hydroxylation is 1. The molecule has 0 saturated carbocycles. The van der Waals surface area contributed by atoms with Crippen molar-refractivity contribution in [1.29, 1.82) is 0 Å². The molecule has 0 bridgehead atoms. The molecule has 0 spiro atoms. The Hall–Kier alpha value is -0.580. The van der Waals surface area contributed by atoms with E-state index in [1.807, 2.05) is 32.9 Å². The molecule has 5 heteroatoms. The summed E-state index contributed by atoms with van der Waals surface area (Å²) in [4.78, 5) is 0.385. The van der Waals surface area contributed by atoms with Gasteiger partial charge in [0, 0.05) is 19.0 Å². The van der Waals surface area contributed by atoms with Gasteiger partial charge in [-0.1, -0.05) is 26.0 Å². The van der Waals surface area contributed by atoms with E-state index in [9.17, 15) is 8.42 Å². The van der Waals surface area contributed by atoms with Gasteiger partial charge in [-0.3, -0.25) is 0 Å². The van der Waals surface area contributed by atoms with Crippen molar-refractivity contribution >= 4 is 21.6 Å². The second-order valence-electron chi connectivity index (χ2n) is 4.71. The van der Waals surface area contributed by atoms with Gasteiger partial charge in [-0.25, -0.2) is 8.42 Å². The Morgan fingerprint density at radius 1 is 1.32 bits per heavy atom. The maximum Gasteiger partial charge on any atom is 0.243 e. The average Bonchev–Trinajstić information content (AvgIpc) is 2.44. The van der Waals surface area contributed by atoms with E-state index in [1.165, 1.54) is 4.31 Å². The van der Waals surface area contributed by atoms with Gasteiger partial charge in [0.1, 0.15) is 0 Å². The van der Waals surface area contributed by atoms with Crippen molar-refractivity contribution in [2.45, 2.75) is 50.4 Å². The number of sulfonamides is 1. The van der Waals surface area contributed by atoms with Gasteiger partial charge in [0.2, 0.25) is 10.0 Å². The molecule has 0 saturated heterocycles. The summed E-state index contributed by atoms with van der Waals surface area (Å²) < 4.78 is 26.8. The van der Waals surface area contributed by atoms with Gasteiger partial charge in [-0.05, 0) is 37.0 Å². The number of nitrogens with zero attached hydrogens (tertiary/aromatic N) is 1. The van der Waals surface area contributed by atoms with Crippen LogP contribution in [0.5, 0.6) is 0 Å². The first-order chi connectivity index (χ1) is 8.88. The Bertz CT molecular complexity index is 528. The molecule has 1 unspecified atom stereocenters.